The van der Waals surface area contributed by atoms with E-state index in [9.17, 15) is 16.8 Å². The van der Waals surface area contributed by atoms with Gasteiger partial charge in [-0.2, -0.15) is 8.61 Å². The summed E-state index contributed by atoms with van der Waals surface area (Å²) >= 11 is 0. The summed E-state index contributed by atoms with van der Waals surface area (Å²) < 4.78 is 59.4. The Hall–Kier alpha value is -1.04. The molecule has 158 valence electrons. The second-order valence-corrected chi connectivity index (χ2v) is 11.1. The van der Waals surface area contributed by atoms with E-state index in [-0.39, 0.29) is 15.8 Å². The maximum absolute atomic E-state index is 13.0. The van der Waals surface area contributed by atoms with Gasteiger partial charge in [-0.25, -0.2) is 16.8 Å². The minimum Gasteiger partial charge on any atom is -0.379 e. The van der Waals surface area contributed by atoms with Crippen LogP contribution in [0.1, 0.15) is 19.8 Å². The first kappa shape index (κ1) is 21.7. The van der Waals surface area contributed by atoms with Gasteiger partial charge in [0.2, 0.25) is 20.0 Å². The lowest BCUT2D eigenvalue weighted by Crippen LogP contribution is -2.45. The number of ether oxygens (including phenoxy) is 1. The average Bonchev–Trinajstić information content (AvgIpc) is 2.74. The van der Waals surface area contributed by atoms with Crippen LogP contribution in [0.25, 0.3) is 0 Å². The van der Waals surface area contributed by atoms with Crippen LogP contribution >= 0.6 is 0 Å². The highest BCUT2D eigenvalue weighted by Crippen LogP contribution is 2.25. The predicted octanol–water partition coefficient (Wildman–Crippen LogP) is 0.812. The molecular weight excluding hydrogens is 402 g/mol. The Morgan fingerprint density at radius 2 is 1.50 bits per heavy atom. The van der Waals surface area contributed by atoms with Crippen molar-refractivity contribution in [2.24, 2.45) is 0 Å². The molecule has 2 aliphatic heterocycles. The molecule has 0 aliphatic carbocycles. The molecule has 1 aromatic rings. The molecule has 0 saturated carbocycles. The lowest BCUT2D eigenvalue weighted by Gasteiger charge is -2.35. The van der Waals surface area contributed by atoms with Crippen molar-refractivity contribution in [2.75, 3.05) is 53.0 Å². The third-order valence-corrected chi connectivity index (χ3v) is 9.46. The SMILES string of the molecule is CCN1CCC(N(C)S(=O)(=O)c2ccc(S(=O)(=O)N3CCOCC3)cc2)CC1. The minimum atomic E-state index is -3.66. The van der Waals surface area contributed by atoms with Crippen molar-refractivity contribution in [2.45, 2.75) is 35.6 Å². The Bertz CT molecular complexity index is 857. The fraction of sp³-hybridized carbons (Fsp3) is 0.667. The van der Waals surface area contributed by atoms with Gasteiger partial charge in [0.05, 0.1) is 23.0 Å². The number of benzene rings is 1. The van der Waals surface area contributed by atoms with Crippen molar-refractivity contribution in [3.63, 3.8) is 0 Å². The van der Waals surface area contributed by atoms with Crippen molar-refractivity contribution in [1.82, 2.24) is 13.5 Å². The molecule has 0 bridgehead atoms. The van der Waals surface area contributed by atoms with Crippen LogP contribution < -0.4 is 0 Å². The molecule has 3 rings (SSSR count). The zero-order valence-electron chi connectivity index (χ0n) is 16.5. The van der Waals surface area contributed by atoms with Gasteiger partial charge in [0.1, 0.15) is 0 Å². The van der Waals surface area contributed by atoms with Crippen LogP contribution in [0, 0.1) is 0 Å². The second-order valence-electron chi connectivity index (χ2n) is 7.17. The molecule has 0 N–H and O–H groups in total. The first-order valence-corrected chi connectivity index (χ1v) is 12.5. The summed E-state index contributed by atoms with van der Waals surface area (Å²) in [4.78, 5) is 2.53. The smallest absolute Gasteiger partial charge is 0.243 e. The van der Waals surface area contributed by atoms with Crippen molar-refractivity contribution in [1.29, 1.82) is 0 Å². The molecule has 8 nitrogen and oxygen atoms in total. The van der Waals surface area contributed by atoms with Gasteiger partial charge < -0.3 is 9.64 Å². The van der Waals surface area contributed by atoms with E-state index in [0.29, 0.717) is 26.3 Å². The summed E-state index contributed by atoms with van der Waals surface area (Å²) in [5.41, 5.74) is 0. The van der Waals surface area contributed by atoms with E-state index in [1.54, 1.807) is 7.05 Å². The molecule has 28 heavy (non-hydrogen) atoms. The minimum absolute atomic E-state index is 0.0374. The molecule has 1 aromatic carbocycles. The van der Waals surface area contributed by atoms with E-state index in [4.69, 9.17) is 4.74 Å². The van der Waals surface area contributed by atoms with E-state index in [1.807, 2.05) is 0 Å². The van der Waals surface area contributed by atoms with E-state index < -0.39 is 20.0 Å². The van der Waals surface area contributed by atoms with Gasteiger partial charge in [0.15, 0.2) is 0 Å². The summed E-state index contributed by atoms with van der Waals surface area (Å²) in [5, 5.41) is 0. The van der Waals surface area contributed by atoms with Crippen molar-refractivity contribution >= 4 is 20.0 Å². The first-order valence-electron chi connectivity index (χ1n) is 9.65. The lowest BCUT2D eigenvalue weighted by molar-refractivity contribution is 0.0730. The number of piperidine rings is 1. The van der Waals surface area contributed by atoms with Gasteiger partial charge in [-0.3, -0.25) is 0 Å². The third kappa shape index (κ3) is 4.42. The molecular formula is C18H29N3O5S2. The van der Waals surface area contributed by atoms with E-state index >= 15 is 0 Å². The molecule has 2 heterocycles. The maximum Gasteiger partial charge on any atom is 0.243 e. The summed E-state index contributed by atoms with van der Waals surface area (Å²) in [7, 11) is -5.69. The molecule has 2 fully saturated rings. The first-order chi connectivity index (χ1) is 13.3. The Kier molecular flexibility index (Phi) is 6.78. The molecule has 0 unspecified atom stereocenters. The van der Waals surface area contributed by atoms with Crippen LogP contribution in [0.5, 0.6) is 0 Å². The molecule has 0 radical (unpaired) electrons. The number of likely N-dealkylation sites (tertiary alicyclic amines) is 1. The Balaban J connectivity index is 1.74. The molecule has 0 atom stereocenters. The van der Waals surface area contributed by atoms with E-state index in [0.717, 1.165) is 32.5 Å². The summed E-state index contributed by atoms with van der Waals surface area (Å²) in [6.45, 7) is 6.20. The Morgan fingerprint density at radius 3 is 2.04 bits per heavy atom. The van der Waals surface area contributed by atoms with Gasteiger partial charge in [-0.15, -0.1) is 0 Å². The van der Waals surface area contributed by atoms with Gasteiger partial charge >= 0.3 is 0 Å². The standard InChI is InChI=1S/C18H29N3O5S2/c1-3-20-10-8-16(9-11-20)19(2)27(22,23)17-4-6-18(7-5-17)28(24,25)21-12-14-26-15-13-21/h4-7,16H,3,8-15H2,1-2H3. The monoisotopic (exact) mass is 431 g/mol. The van der Waals surface area contributed by atoms with Gasteiger partial charge in [-0.1, -0.05) is 6.92 Å². The molecule has 0 amide bonds. The van der Waals surface area contributed by atoms with Crippen LogP contribution in [-0.4, -0.2) is 89.4 Å². The largest absolute Gasteiger partial charge is 0.379 e. The highest BCUT2D eigenvalue weighted by atomic mass is 32.2. The highest BCUT2D eigenvalue weighted by Gasteiger charge is 2.31. The van der Waals surface area contributed by atoms with E-state index in [1.165, 1.54) is 32.9 Å². The average molecular weight is 432 g/mol. The highest BCUT2D eigenvalue weighted by molar-refractivity contribution is 7.89. The molecule has 2 saturated heterocycles. The van der Waals surface area contributed by atoms with Gasteiger partial charge in [0, 0.05) is 26.2 Å². The number of hydrogen-bond donors (Lipinski definition) is 0. The third-order valence-electron chi connectivity index (χ3n) is 5.63. The summed E-state index contributed by atoms with van der Waals surface area (Å²) in [6.07, 6.45) is 1.60. The Morgan fingerprint density at radius 1 is 0.964 bits per heavy atom. The zero-order valence-corrected chi connectivity index (χ0v) is 18.1. The number of nitrogens with zero attached hydrogens (tertiary/aromatic N) is 3. The summed E-state index contributed by atoms with van der Waals surface area (Å²) in [6, 6.07) is 5.50. The van der Waals surface area contributed by atoms with E-state index in [2.05, 4.69) is 11.8 Å². The fourth-order valence-corrected chi connectivity index (χ4v) is 6.51. The second kappa shape index (κ2) is 8.76. The topological polar surface area (TPSA) is 87.2 Å². The van der Waals surface area contributed by atoms with Gasteiger partial charge in [-0.05, 0) is 56.7 Å². The molecule has 0 aromatic heterocycles. The molecule has 10 heteroatoms. The predicted molar refractivity (Wildman–Crippen MR) is 106 cm³/mol. The van der Waals surface area contributed by atoms with Crippen LogP contribution in [0.15, 0.2) is 34.1 Å². The molecule has 0 spiro atoms. The van der Waals surface area contributed by atoms with Crippen molar-refractivity contribution in [3.8, 4) is 0 Å². The summed E-state index contributed by atoms with van der Waals surface area (Å²) in [5.74, 6) is 0. The zero-order chi connectivity index (χ0) is 20.4. The van der Waals surface area contributed by atoms with Crippen LogP contribution in [0.4, 0.5) is 0 Å². The van der Waals surface area contributed by atoms with Crippen LogP contribution in [0.2, 0.25) is 0 Å². The van der Waals surface area contributed by atoms with Crippen LogP contribution in [-0.2, 0) is 24.8 Å². The van der Waals surface area contributed by atoms with Crippen molar-refractivity contribution in [3.05, 3.63) is 24.3 Å². The fourth-order valence-electron chi connectivity index (χ4n) is 3.68. The molecule has 2 aliphatic rings. The number of rotatable bonds is 6. The number of hydrogen-bond acceptors (Lipinski definition) is 6. The Labute approximate surface area is 168 Å². The lowest BCUT2D eigenvalue weighted by atomic mass is 10.1. The van der Waals surface area contributed by atoms with Crippen molar-refractivity contribution < 1.29 is 21.6 Å². The van der Waals surface area contributed by atoms with Gasteiger partial charge in [0.25, 0.3) is 0 Å². The number of morpholine rings is 1. The quantitative estimate of drug-likeness (QED) is 0.663. The normalized spacial score (nSPS) is 21.2. The number of sulfonamides is 2. The van der Waals surface area contributed by atoms with Crippen LogP contribution in [0.3, 0.4) is 0 Å². The maximum atomic E-state index is 13.0.